The van der Waals surface area contributed by atoms with Crippen LogP contribution >= 0.6 is 0 Å². The van der Waals surface area contributed by atoms with Gasteiger partial charge in [0, 0.05) is 39.6 Å². The third kappa shape index (κ3) is 5.04. The summed E-state index contributed by atoms with van der Waals surface area (Å²) < 4.78 is 10.7. The lowest BCUT2D eigenvalue weighted by Crippen LogP contribution is -2.29. The molecule has 0 bridgehead atoms. The molecule has 0 aliphatic heterocycles. The van der Waals surface area contributed by atoms with E-state index >= 15 is 0 Å². The summed E-state index contributed by atoms with van der Waals surface area (Å²) in [4.78, 5) is 50.4. The van der Waals surface area contributed by atoms with Gasteiger partial charge < -0.3 is 14.8 Å². The van der Waals surface area contributed by atoms with Crippen molar-refractivity contribution >= 4 is 35.2 Å². The number of hydrogen-bond acceptors (Lipinski definition) is 6. The fourth-order valence-electron chi connectivity index (χ4n) is 3.75. The fourth-order valence-corrected chi connectivity index (χ4v) is 3.75. The molecule has 3 aromatic carbocycles. The zero-order valence-corrected chi connectivity index (χ0v) is 19.2. The number of amides is 1. The highest BCUT2D eigenvalue weighted by Gasteiger charge is 2.29. The van der Waals surface area contributed by atoms with Crippen LogP contribution in [0.3, 0.4) is 0 Å². The normalized spacial score (nSPS) is 13.1. The summed E-state index contributed by atoms with van der Waals surface area (Å²) in [5.74, 6) is -1.16. The number of nitrogens with one attached hydrogen (secondary N) is 1. The van der Waals surface area contributed by atoms with E-state index in [0.717, 1.165) is 0 Å². The molecule has 0 saturated heterocycles. The van der Waals surface area contributed by atoms with Crippen molar-refractivity contribution in [2.45, 2.75) is 20.0 Å². The average molecular weight is 469 g/mol. The summed E-state index contributed by atoms with van der Waals surface area (Å²) in [5.41, 5.74) is 2.21. The molecule has 35 heavy (non-hydrogen) atoms. The Morgan fingerprint density at radius 1 is 0.886 bits per heavy atom. The van der Waals surface area contributed by atoms with Crippen LogP contribution in [-0.4, -0.2) is 36.2 Å². The van der Waals surface area contributed by atoms with Gasteiger partial charge in [-0.15, -0.1) is 0 Å². The molecule has 176 valence electrons. The predicted octanol–water partition coefficient (Wildman–Crippen LogP) is 4.44. The van der Waals surface area contributed by atoms with Crippen molar-refractivity contribution < 1.29 is 28.7 Å². The number of carbonyl (C=O) groups excluding carboxylic acids is 4. The van der Waals surface area contributed by atoms with Crippen LogP contribution < -0.4 is 10.1 Å². The highest BCUT2D eigenvalue weighted by Crippen LogP contribution is 2.29. The van der Waals surface area contributed by atoms with Crippen molar-refractivity contribution in [1.82, 2.24) is 0 Å². The van der Waals surface area contributed by atoms with E-state index in [0.29, 0.717) is 34.7 Å². The summed E-state index contributed by atoms with van der Waals surface area (Å²) in [7, 11) is 0. The van der Waals surface area contributed by atoms with Crippen LogP contribution in [0.1, 0.15) is 51.3 Å². The van der Waals surface area contributed by atoms with Gasteiger partial charge in [0.25, 0.3) is 5.91 Å². The second kappa shape index (κ2) is 10.2. The molecule has 1 unspecified atom stereocenters. The molecular weight excluding hydrogens is 446 g/mol. The number of rotatable bonds is 7. The number of esters is 1. The molecule has 1 amide bonds. The molecule has 7 nitrogen and oxygen atoms in total. The Bertz CT molecular complexity index is 1360. The minimum absolute atomic E-state index is 0.215. The number of benzene rings is 3. The quantitative estimate of drug-likeness (QED) is 0.317. The van der Waals surface area contributed by atoms with Gasteiger partial charge in [0.1, 0.15) is 5.75 Å². The number of ether oxygens (including phenoxy) is 2. The Hall–Kier alpha value is -4.52. The van der Waals surface area contributed by atoms with Gasteiger partial charge >= 0.3 is 5.97 Å². The van der Waals surface area contributed by atoms with E-state index in [4.69, 9.17) is 9.47 Å². The first-order valence-corrected chi connectivity index (χ1v) is 11.1. The summed E-state index contributed by atoms with van der Waals surface area (Å²) in [6.07, 6.45) is 1.69. The molecule has 1 aliphatic rings. The van der Waals surface area contributed by atoms with E-state index in [2.05, 4.69) is 5.32 Å². The monoisotopic (exact) mass is 469 g/mol. The third-order valence-electron chi connectivity index (χ3n) is 5.47. The van der Waals surface area contributed by atoms with E-state index < -0.39 is 18.0 Å². The topological polar surface area (TPSA) is 98.8 Å². The highest BCUT2D eigenvalue weighted by molar-refractivity contribution is 6.28. The molecule has 0 radical (unpaired) electrons. The number of anilines is 1. The van der Waals surface area contributed by atoms with Gasteiger partial charge in [-0.1, -0.05) is 42.5 Å². The Balaban J connectivity index is 1.42. The van der Waals surface area contributed by atoms with Gasteiger partial charge in [0.15, 0.2) is 17.7 Å². The maximum Gasteiger partial charge on any atom is 0.331 e. The first-order chi connectivity index (χ1) is 16.9. The maximum atomic E-state index is 12.9. The van der Waals surface area contributed by atoms with Crippen molar-refractivity contribution in [1.29, 1.82) is 0 Å². The molecule has 7 heteroatoms. The van der Waals surface area contributed by atoms with Crippen LogP contribution in [-0.2, 0) is 14.3 Å². The summed E-state index contributed by atoms with van der Waals surface area (Å²) >= 11 is 0. The molecule has 0 heterocycles. The highest BCUT2D eigenvalue weighted by atomic mass is 16.5. The Morgan fingerprint density at radius 3 is 2.23 bits per heavy atom. The van der Waals surface area contributed by atoms with E-state index in [1.165, 1.54) is 31.2 Å². The first-order valence-electron chi connectivity index (χ1n) is 11.1. The van der Waals surface area contributed by atoms with Crippen LogP contribution in [0, 0.1) is 0 Å². The number of hydrogen-bond donors (Lipinski definition) is 1. The van der Waals surface area contributed by atoms with Gasteiger partial charge in [0.2, 0.25) is 0 Å². The molecule has 0 fully saturated rings. The number of para-hydroxylation sites is 1. The molecular formula is C28H23NO6. The van der Waals surface area contributed by atoms with Crippen LogP contribution in [0.2, 0.25) is 0 Å². The van der Waals surface area contributed by atoms with E-state index in [1.807, 2.05) is 19.1 Å². The molecule has 1 N–H and O–H groups in total. The van der Waals surface area contributed by atoms with Crippen LogP contribution in [0.5, 0.6) is 5.75 Å². The Morgan fingerprint density at radius 2 is 1.51 bits per heavy atom. The molecule has 0 saturated carbocycles. The van der Waals surface area contributed by atoms with Crippen molar-refractivity contribution in [3.8, 4) is 5.75 Å². The lowest BCUT2D eigenvalue weighted by atomic mass is 9.84. The van der Waals surface area contributed by atoms with E-state index in [1.54, 1.807) is 42.5 Å². The van der Waals surface area contributed by atoms with Crippen molar-refractivity contribution in [3.05, 3.63) is 101 Å². The number of fused-ring (bicyclic) bond motifs is 2. The standard InChI is InChI=1S/C28H23NO6/c1-3-34-24-11-7-4-8-18(24)12-15-25(30)35-17(2)28(33)29-19-13-14-22-23(16-19)27(32)21-10-6-5-9-20(21)26(22)31/h4-17H,3H2,1-2H3,(H,29,33)/b15-12+. The average Bonchev–Trinajstić information content (AvgIpc) is 2.87. The largest absolute Gasteiger partial charge is 0.493 e. The maximum absolute atomic E-state index is 12.9. The second-order valence-corrected chi connectivity index (χ2v) is 7.84. The minimum atomic E-state index is -1.09. The molecule has 0 aromatic heterocycles. The number of ketones is 2. The van der Waals surface area contributed by atoms with Gasteiger partial charge in [-0.2, -0.15) is 0 Å². The SMILES string of the molecule is CCOc1ccccc1/C=C/C(=O)OC(C)C(=O)Nc1ccc2c(c1)C(=O)c1ccccc1C2=O. The molecule has 0 spiro atoms. The van der Waals surface area contributed by atoms with Gasteiger partial charge in [-0.05, 0) is 44.2 Å². The van der Waals surface area contributed by atoms with Gasteiger partial charge in [0.05, 0.1) is 6.61 Å². The van der Waals surface area contributed by atoms with Crippen LogP contribution in [0.15, 0.2) is 72.8 Å². The predicted molar refractivity (Wildman–Crippen MR) is 131 cm³/mol. The zero-order valence-electron chi connectivity index (χ0n) is 19.2. The fraction of sp³-hybridized carbons (Fsp3) is 0.143. The summed E-state index contributed by atoms with van der Waals surface area (Å²) in [6.45, 7) is 3.80. The molecule has 1 atom stereocenters. The first kappa shape index (κ1) is 23.6. The Kier molecular flexibility index (Phi) is 6.87. The lowest BCUT2D eigenvalue weighted by molar-refractivity contribution is -0.148. The summed E-state index contributed by atoms with van der Waals surface area (Å²) in [6, 6.07) is 18.4. The molecule has 4 rings (SSSR count). The second-order valence-electron chi connectivity index (χ2n) is 7.84. The molecule has 3 aromatic rings. The van der Waals surface area contributed by atoms with E-state index in [9.17, 15) is 19.2 Å². The molecule has 1 aliphatic carbocycles. The van der Waals surface area contributed by atoms with Crippen molar-refractivity contribution in [2.75, 3.05) is 11.9 Å². The smallest absolute Gasteiger partial charge is 0.331 e. The lowest BCUT2D eigenvalue weighted by Gasteiger charge is -2.18. The Labute approximate surface area is 202 Å². The van der Waals surface area contributed by atoms with Crippen molar-refractivity contribution in [2.24, 2.45) is 0 Å². The minimum Gasteiger partial charge on any atom is -0.493 e. The van der Waals surface area contributed by atoms with Gasteiger partial charge in [-0.25, -0.2) is 4.79 Å². The third-order valence-corrected chi connectivity index (χ3v) is 5.47. The number of carbonyl (C=O) groups is 4. The summed E-state index contributed by atoms with van der Waals surface area (Å²) in [5, 5.41) is 2.63. The zero-order chi connectivity index (χ0) is 24.9. The van der Waals surface area contributed by atoms with Crippen LogP contribution in [0.25, 0.3) is 6.08 Å². The van der Waals surface area contributed by atoms with E-state index in [-0.39, 0.29) is 22.7 Å². The van der Waals surface area contributed by atoms with Crippen molar-refractivity contribution in [3.63, 3.8) is 0 Å². The van der Waals surface area contributed by atoms with Crippen LogP contribution in [0.4, 0.5) is 5.69 Å². The van der Waals surface area contributed by atoms with Gasteiger partial charge in [-0.3, -0.25) is 14.4 Å².